The van der Waals surface area contributed by atoms with E-state index in [-0.39, 0.29) is 0 Å². The van der Waals surface area contributed by atoms with Crippen molar-refractivity contribution in [1.29, 1.82) is 0 Å². The lowest BCUT2D eigenvalue weighted by atomic mass is 10.0. The predicted octanol–water partition coefficient (Wildman–Crippen LogP) is 3.82. The molecule has 1 N–H and O–H groups in total. The van der Waals surface area contributed by atoms with Crippen molar-refractivity contribution in [2.45, 2.75) is 39.3 Å². The molecule has 0 aliphatic heterocycles. The predicted molar refractivity (Wildman–Crippen MR) is 73.5 cm³/mol. The highest BCUT2D eigenvalue weighted by molar-refractivity contribution is 5.66. The molecular weight excluding hydrogens is 222 g/mol. The second-order valence-electron chi connectivity index (χ2n) is 5.21. The van der Waals surface area contributed by atoms with E-state index in [9.17, 15) is 0 Å². The molecule has 94 valence electrons. The van der Waals surface area contributed by atoms with E-state index in [1.807, 2.05) is 0 Å². The summed E-state index contributed by atoms with van der Waals surface area (Å²) in [6.45, 7) is 5.13. The number of nitrogens with one attached hydrogen (secondary N) is 1. The third kappa shape index (κ3) is 2.34. The van der Waals surface area contributed by atoms with Crippen LogP contribution in [0.25, 0.3) is 11.1 Å². The standard InChI is InChI=1S/C16H19NO/c1-11-3-4-13(9-12(11)2)15-7-8-18-16(15)10-17-14-5-6-14/h3-4,7-9,14,17H,5-6,10H2,1-2H3. The molecule has 0 saturated heterocycles. The molecule has 1 saturated carbocycles. The third-order valence-corrected chi connectivity index (χ3v) is 3.69. The Hall–Kier alpha value is -1.54. The molecule has 2 heteroatoms. The van der Waals surface area contributed by atoms with E-state index in [4.69, 9.17) is 4.42 Å². The molecule has 0 unspecified atom stereocenters. The van der Waals surface area contributed by atoms with Gasteiger partial charge in [-0.3, -0.25) is 0 Å². The molecular formula is C16H19NO. The Morgan fingerprint density at radius 3 is 2.72 bits per heavy atom. The van der Waals surface area contributed by atoms with E-state index in [2.05, 4.69) is 43.4 Å². The SMILES string of the molecule is Cc1ccc(-c2ccoc2CNC2CC2)cc1C. The second kappa shape index (κ2) is 4.62. The number of hydrogen-bond acceptors (Lipinski definition) is 2. The number of hydrogen-bond donors (Lipinski definition) is 1. The van der Waals surface area contributed by atoms with Crippen LogP contribution in [0.15, 0.2) is 34.9 Å². The van der Waals surface area contributed by atoms with Gasteiger partial charge in [-0.05, 0) is 49.4 Å². The van der Waals surface area contributed by atoms with E-state index < -0.39 is 0 Å². The van der Waals surface area contributed by atoms with Crippen LogP contribution in [0.4, 0.5) is 0 Å². The average Bonchev–Trinajstić information content (AvgIpc) is 3.08. The van der Waals surface area contributed by atoms with Crippen molar-refractivity contribution >= 4 is 0 Å². The first-order valence-electron chi connectivity index (χ1n) is 6.61. The average molecular weight is 241 g/mol. The summed E-state index contributed by atoms with van der Waals surface area (Å²) in [5.74, 6) is 1.05. The van der Waals surface area contributed by atoms with E-state index in [1.165, 1.54) is 35.1 Å². The van der Waals surface area contributed by atoms with Crippen LogP contribution >= 0.6 is 0 Å². The van der Waals surface area contributed by atoms with Gasteiger partial charge in [-0.25, -0.2) is 0 Å². The second-order valence-corrected chi connectivity index (χ2v) is 5.21. The van der Waals surface area contributed by atoms with Crippen LogP contribution in [0.2, 0.25) is 0 Å². The van der Waals surface area contributed by atoms with Gasteiger partial charge in [0.25, 0.3) is 0 Å². The molecule has 0 amide bonds. The van der Waals surface area contributed by atoms with Crippen LogP contribution in [-0.2, 0) is 6.54 Å². The van der Waals surface area contributed by atoms with E-state index >= 15 is 0 Å². The maximum absolute atomic E-state index is 5.60. The minimum absolute atomic E-state index is 0.711. The zero-order valence-electron chi connectivity index (χ0n) is 11.0. The highest BCUT2D eigenvalue weighted by Gasteiger charge is 2.21. The molecule has 1 aromatic heterocycles. The van der Waals surface area contributed by atoms with Gasteiger partial charge in [0.1, 0.15) is 5.76 Å². The largest absolute Gasteiger partial charge is 0.467 e. The Labute approximate surface area is 108 Å². The molecule has 2 aromatic rings. The van der Waals surface area contributed by atoms with Crippen LogP contribution in [0.5, 0.6) is 0 Å². The van der Waals surface area contributed by atoms with Gasteiger partial charge in [0, 0.05) is 11.6 Å². The minimum atomic E-state index is 0.711. The van der Waals surface area contributed by atoms with E-state index in [0.29, 0.717) is 6.04 Å². The van der Waals surface area contributed by atoms with Gasteiger partial charge in [-0.15, -0.1) is 0 Å². The molecule has 1 fully saturated rings. The molecule has 0 atom stereocenters. The van der Waals surface area contributed by atoms with Crippen molar-refractivity contribution in [3.8, 4) is 11.1 Å². The summed E-state index contributed by atoms with van der Waals surface area (Å²) in [6.07, 6.45) is 4.40. The first kappa shape index (κ1) is 11.5. The van der Waals surface area contributed by atoms with Crippen molar-refractivity contribution in [2.24, 2.45) is 0 Å². The number of aryl methyl sites for hydroxylation is 2. The highest BCUT2D eigenvalue weighted by atomic mass is 16.3. The van der Waals surface area contributed by atoms with Gasteiger partial charge in [0.15, 0.2) is 0 Å². The van der Waals surface area contributed by atoms with Crippen LogP contribution in [0, 0.1) is 13.8 Å². The van der Waals surface area contributed by atoms with Crippen molar-refractivity contribution in [1.82, 2.24) is 5.32 Å². The Kier molecular flexibility index (Phi) is 2.96. The van der Waals surface area contributed by atoms with Crippen molar-refractivity contribution in [3.05, 3.63) is 47.4 Å². The Balaban J connectivity index is 1.85. The summed E-state index contributed by atoms with van der Waals surface area (Å²) < 4.78 is 5.60. The molecule has 18 heavy (non-hydrogen) atoms. The Bertz CT molecular complexity index is 552. The fourth-order valence-corrected chi connectivity index (χ4v) is 2.17. The van der Waals surface area contributed by atoms with Gasteiger partial charge in [-0.2, -0.15) is 0 Å². The summed E-state index contributed by atoms with van der Waals surface area (Å²) in [5, 5.41) is 3.50. The van der Waals surface area contributed by atoms with Crippen LogP contribution in [0.1, 0.15) is 29.7 Å². The van der Waals surface area contributed by atoms with Crippen molar-refractivity contribution in [3.63, 3.8) is 0 Å². The van der Waals surface area contributed by atoms with Gasteiger partial charge >= 0.3 is 0 Å². The smallest absolute Gasteiger partial charge is 0.125 e. The van der Waals surface area contributed by atoms with Gasteiger partial charge in [-0.1, -0.05) is 18.2 Å². The van der Waals surface area contributed by atoms with E-state index in [1.54, 1.807) is 6.26 Å². The maximum Gasteiger partial charge on any atom is 0.125 e. The third-order valence-electron chi connectivity index (χ3n) is 3.69. The molecule has 1 heterocycles. The van der Waals surface area contributed by atoms with Crippen LogP contribution in [0.3, 0.4) is 0 Å². The minimum Gasteiger partial charge on any atom is -0.467 e. The molecule has 0 spiro atoms. The summed E-state index contributed by atoms with van der Waals surface area (Å²) in [5.41, 5.74) is 5.13. The molecule has 0 bridgehead atoms. The van der Waals surface area contributed by atoms with Gasteiger partial charge in [0.2, 0.25) is 0 Å². The zero-order chi connectivity index (χ0) is 12.5. The summed E-state index contributed by atoms with van der Waals surface area (Å²) in [6, 6.07) is 9.36. The zero-order valence-corrected chi connectivity index (χ0v) is 11.0. The number of rotatable bonds is 4. The van der Waals surface area contributed by atoms with Gasteiger partial charge < -0.3 is 9.73 Å². The molecule has 3 rings (SSSR count). The topological polar surface area (TPSA) is 25.2 Å². The fraction of sp³-hybridized carbons (Fsp3) is 0.375. The summed E-state index contributed by atoms with van der Waals surface area (Å²) in [4.78, 5) is 0. The molecule has 1 aliphatic carbocycles. The molecule has 1 aliphatic rings. The lowest BCUT2D eigenvalue weighted by Crippen LogP contribution is -2.15. The van der Waals surface area contributed by atoms with Crippen molar-refractivity contribution in [2.75, 3.05) is 0 Å². The first-order valence-corrected chi connectivity index (χ1v) is 6.61. The quantitative estimate of drug-likeness (QED) is 0.880. The van der Waals surface area contributed by atoms with Crippen molar-refractivity contribution < 1.29 is 4.42 Å². The summed E-state index contributed by atoms with van der Waals surface area (Å²) in [7, 11) is 0. The molecule has 2 nitrogen and oxygen atoms in total. The first-order chi connectivity index (χ1) is 8.74. The lowest BCUT2D eigenvalue weighted by Gasteiger charge is -2.06. The fourth-order valence-electron chi connectivity index (χ4n) is 2.17. The van der Waals surface area contributed by atoms with Gasteiger partial charge in [0.05, 0.1) is 12.8 Å². The Morgan fingerprint density at radius 2 is 2.00 bits per heavy atom. The summed E-state index contributed by atoms with van der Waals surface area (Å²) >= 11 is 0. The molecule has 0 radical (unpaired) electrons. The number of furan rings is 1. The van der Waals surface area contributed by atoms with Crippen LogP contribution < -0.4 is 5.32 Å². The normalized spacial score (nSPS) is 15.0. The van der Waals surface area contributed by atoms with Crippen LogP contribution in [-0.4, -0.2) is 6.04 Å². The lowest BCUT2D eigenvalue weighted by molar-refractivity contribution is 0.483. The Morgan fingerprint density at radius 1 is 1.17 bits per heavy atom. The van der Waals surface area contributed by atoms with E-state index in [0.717, 1.165) is 12.3 Å². The highest BCUT2D eigenvalue weighted by Crippen LogP contribution is 2.28. The number of benzene rings is 1. The molecule has 1 aromatic carbocycles. The maximum atomic E-state index is 5.60. The monoisotopic (exact) mass is 241 g/mol.